The first-order valence-corrected chi connectivity index (χ1v) is 9.45. The molecule has 116 valence electrons. The first-order chi connectivity index (χ1) is 10.6. The van der Waals surface area contributed by atoms with Crippen molar-refractivity contribution in [2.24, 2.45) is 17.3 Å². The van der Waals surface area contributed by atoms with Crippen LogP contribution in [-0.4, -0.2) is 16.8 Å². The number of amides is 1. The fourth-order valence-electron chi connectivity index (χ4n) is 6.24. The Kier molecular flexibility index (Phi) is 2.70. The lowest BCUT2D eigenvalue weighted by molar-refractivity contribution is -0.141. The predicted octanol–water partition coefficient (Wildman–Crippen LogP) is 4.31. The van der Waals surface area contributed by atoms with E-state index in [0.29, 0.717) is 5.91 Å². The number of carbonyl (C=O) groups is 1. The number of rotatable bonds is 1. The molecule has 2 unspecified atom stereocenters. The Morgan fingerprint density at radius 2 is 1.86 bits per heavy atom. The number of hydrogen-bond acceptors (Lipinski definition) is 1. The van der Waals surface area contributed by atoms with E-state index in [2.05, 4.69) is 45.1 Å². The van der Waals surface area contributed by atoms with E-state index in [1.165, 1.54) is 30.5 Å². The molecule has 22 heavy (non-hydrogen) atoms. The van der Waals surface area contributed by atoms with E-state index in [1.54, 1.807) is 0 Å². The summed E-state index contributed by atoms with van der Waals surface area (Å²) >= 11 is 4.03. The van der Waals surface area contributed by atoms with Crippen LogP contribution in [0.1, 0.15) is 44.1 Å². The van der Waals surface area contributed by atoms with Gasteiger partial charge in [0.1, 0.15) is 0 Å². The van der Waals surface area contributed by atoms with Gasteiger partial charge in [0, 0.05) is 16.6 Å². The lowest BCUT2D eigenvalue weighted by atomic mass is 9.49. The molecule has 4 bridgehead atoms. The molecule has 2 nitrogen and oxygen atoms in total. The Hall–Kier alpha value is -0.830. The molecule has 1 aromatic carbocycles. The van der Waals surface area contributed by atoms with Crippen LogP contribution in [0.15, 0.2) is 24.3 Å². The third-order valence-corrected chi connectivity index (χ3v) is 7.50. The summed E-state index contributed by atoms with van der Waals surface area (Å²) in [6, 6.07) is 8.46. The third-order valence-electron chi connectivity index (χ3n) is 6.58. The van der Waals surface area contributed by atoms with Gasteiger partial charge >= 0.3 is 0 Å². The molecule has 1 amide bonds. The van der Waals surface area contributed by atoms with Crippen molar-refractivity contribution in [2.75, 3.05) is 11.4 Å². The van der Waals surface area contributed by atoms with Gasteiger partial charge in [-0.15, -0.1) is 0 Å². The van der Waals surface area contributed by atoms with Crippen molar-refractivity contribution in [3.05, 3.63) is 29.8 Å². The predicted molar refractivity (Wildman–Crippen MR) is 91.3 cm³/mol. The molecule has 1 aromatic rings. The molecule has 3 heteroatoms. The largest absolute Gasteiger partial charge is 0.311 e. The summed E-state index contributed by atoms with van der Waals surface area (Å²) in [7, 11) is 0. The van der Waals surface area contributed by atoms with Gasteiger partial charge < -0.3 is 4.90 Å². The van der Waals surface area contributed by atoms with Crippen LogP contribution in [0.5, 0.6) is 0 Å². The molecule has 4 aliphatic carbocycles. The fourth-order valence-corrected chi connectivity index (χ4v) is 7.69. The van der Waals surface area contributed by atoms with Gasteiger partial charge in [-0.25, -0.2) is 0 Å². The van der Waals surface area contributed by atoms with Crippen LogP contribution >= 0.6 is 15.9 Å². The van der Waals surface area contributed by atoms with Gasteiger partial charge in [-0.1, -0.05) is 34.1 Å². The van der Waals surface area contributed by atoms with Crippen molar-refractivity contribution < 1.29 is 4.79 Å². The molecule has 0 spiro atoms. The van der Waals surface area contributed by atoms with E-state index in [4.69, 9.17) is 0 Å². The monoisotopic (exact) mass is 359 g/mol. The van der Waals surface area contributed by atoms with E-state index in [-0.39, 0.29) is 9.74 Å². The van der Waals surface area contributed by atoms with E-state index in [0.717, 1.165) is 44.1 Å². The minimum atomic E-state index is -0.0783. The maximum absolute atomic E-state index is 13.5. The molecule has 6 rings (SSSR count). The van der Waals surface area contributed by atoms with Gasteiger partial charge in [0.15, 0.2) is 0 Å². The second-order valence-electron chi connectivity index (χ2n) is 8.23. The SMILES string of the molecule is O=C(N1CCc2ccccc21)C12C[C@@H]3C[C@@H](CC(Br)(C3)C1)C2. The van der Waals surface area contributed by atoms with Gasteiger partial charge in [0.25, 0.3) is 0 Å². The Morgan fingerprint density at radius 3 is 2.59 bits per heavy atom. The van der Waals surface area contributed by atoms with Crippen molar-refractivity contribution in [3.63, 3.8) is 0 Å². The zero-order chi connectivity index (χ0) is 14.9. The van der Waals surface area contributed by atoms with Crippen molar-refractivity contribution >= 4 is 27.5 Å². The number of para-hydroxylation sites is 1. The maximum Gasteiger partial charge on any atom is 0.233 e. The normalized spacial score (nSPS) is 41.8. The average molecular weight is 360 g/mol. The number of fused-ring (bicyclic) bond motifs is 1. The highest BCUT2D eigenvalue weighted by atomic mass is 79.9. The van der Waals surface area contributed by atoms with Gasteiger partial charge in [0.05, 0.1) is 5.41 Å². The number of halogens is 1. The summed E-state index contributed by atoms with van der Waals surface area (Å²) < 4.78 is 0.256. The van der Waals surface area contributed by atoms with Gasteiger partial charge in [0.2, 0.25) is 5.91 Å². The highest BCUT2D eigenvalue weighted by Gasteiger charge is 2.60. The fraction of sp³-hybridized carbons (Fsp3) is 0.632. The first kappa shape index (κ1) is 13.6. The number of hydrogen-bond donors (Lipinski definition) is 0. The maximum atomic E-state index is 13.5. The Labute approximate surface area is 140 Å². The molecule has 4 atom stereocenters. The number of anilines is 1. The molecule has 0 N–H and O–H groups in total. The van der Waals surface area contributed by atoms with Crippen LogP contribution in [0.3, 0.4) is 0 Å². The summed E-state index contributed by atoms with van der Waals surface area (Å²) in [5, 5.41) is 0. The zero-order valence-corrected chi connectivity index (χ0v) is 14.4. The van der Waals surface area contributed by atoms with Gasteiger partial charge in [-0.05, 0) is 68.4 Å². The lowest BCUT2D eigenvalue weighted by Gasteiger charge is -2.60. The Bertz CT molecular complexity index is 641. The van der Waals surface area contributed by atoms with Crippen LogP contribution in [0.25, 0.3) is 0 Å². The summed E-state index contributed by atoms with van der Waals surface area (Å²) in [6.45, 7) is 0.880. The first-order valence-electron chi connectivity index (χ1n) is 8.66. The topological polar surface area (TPSA) is 20.3 Å². The van der Waals surface area contributed by atoms with Crippen LogP contribution in [0, 0.1) is 17.3 Å². The highest BCUT2D eigenvalue weighted by Crippen LogP contribution is 2.65. The van der Waals surface area contributed by atoms with Crippen LogP contribution in [0.2, 0.25) is 0 Å². The van der Waals surface area contributed by atoms with Crippen molar-refractivity contribution in [1.82, 2.24) is 0 Å². The number of benzene rings is 1. The zero-order valence-electron chi connectivity index (χ0n) is 12.9. The Morgan fingerprint density at radius 1 is 1.14 bits per heavy atom. The van der Waals surface area contributed by atoms with Crippen LogP contribution in [0.4, 0.5) is 5.69 Å². The van der Waals surface area contributed by atoms with E-state index >= 15 is 0 Å². The number of carbonyl (C=O) groups excluding carboxylic acids is 1. The minimum Gasteiger partial charge on any atom is -0.311 e. The molecule has 4 fully saturated rings. The van der Waals surface area contributed by atoms with Crippen LogP contribution < -0.4 is 4.90 Å². The molecule has 1 heterocycles. The van der Waals surface area contributed by atoms with Crippen molar-refractivity contribution in [2.45, 2.75) is 49.3 Å². The summed E-state index contributed by atoms with van der Waals surface area (Å²) in [6.07, 6.45) is 8.28. The summed E-state index contributed by atoms with van der Waals surface area (Å²) in [5.74, 6) is 1.96. The van der Waals surface area contributed by atoms with Crippen molar-refractivity contribution in [1.29, 1.82) is 0 Å². The average Bonchev–Trinajstić information content (AvgIpc) is 2.87. The highest BCUT2D eigenvalue weighted by molar-refractivity contribution is 9.10. The molecular formula is C19H22BrNO. The summed E-state index contributed by atoms with van der Waals surface area (Å²) in [4.78, 5) is 15.6. The molecule has 5 aliphatic rings. The number of alkyl halides is 1. The van der Waals surface area contributed by atoms with Crippen molar-refractivity contribution in [3.8, 4) is 0 Å². The second-order valence-corrected chi connectivity index (χ2v) is 9.91. The minimum absolute atomic E-state index is 0.0783. The molecule has 0 saturated heterocycles. The number of nitrogens with zero attached hydrogens (tertiary/aromatic N) is 1. The van der Waals surface area contributed by atoms with E-state index in [1.807, 2.05) is 0 Å². The smallest absolute Gasteiger partial charge is 0.233 e. The lowest BCUT2D eigenvalue weighted by Crippen LogP contribution is -2.58. The molecule has 1 aliphatic heterocycles. The second kappa shape index (κ2) is 4.37. The van der Waals surface area contributed by atoms with Gasteiger partial charge in [-0.3, -0.25) is 4.79 Å². The molecule has 0 radical (unpaired) electrons. The molecular weight excluding hydrogens is 338 g/mol. The van der Waals surface area contributed by atoms with E-state index in [9.17, 15) is 4.79 Å². The van der Waals surface area contributed by atoms with E-state index < -0.39 is 0 Å². The van der Waals surface area contributed by atoms with Gasteiger partial charge in [-0.2, -0.15) is 0 Å². The molecule has 0 aromatic heterocycles. The Balaban J connectivity index is 1.51. The quantitative estimate of drug-likeness (QED) is 0.684. The molecule has 4 saturated carbocycles. The standard InChI is InChI=1S/C19H22BrNO/c20-19-10-13-7-14(11-19)9-18(8-13,12-19)17(22)21-6-5-15-3-1-2-4-16(15)21/h1-4,13-14H,5-12H2/t13-,14+,18?,19?. The third kappa shape index (κ3) is 1.81. The summed E-state index contributed by atoms with van der Waals surface area (Å²) in [5.41, 5.74) is 2.44. The van der Waals surface area contributed by atoms with Crippen LogP contribution in [-0.2, 0) is 11.2 Å².